The molecule has 0 fully saturated rings. The summed E-state index contributed by atoms with van der Waals surface area (Å²) in [5.74, 6) is -1.28. The highest BCUT2D eigenvalue weighted by Gasteiger charge is 2.19. The summed E-state index contributed by atoms with van der Waals surface area (Å²) in [7, 11) is 0. The number of carboxylic acid groups (broad SMARTS) is 1. The number of hydrogen-bond donors (Lipinski definition) is 1. The van der Waals surface area contributed by atoms with Crippen molar-refractivity contribution in [1.29, 1.82) is 0 Å². The predicted octanol–water partition coefficient (Wildman–Crippen LogP) is 5.34. The Labute approximate surface area is 155 Å². The van der Waals surface area contributed by atoms with Crippen LogP contribution in [-0.2, 0) is 11.2 Å². The van der Waals surface area contributed by atoms with Crippen LogP contribution in [0.15, 0.2) is 78.9 Å². The molecule has 0 bridgehead atoms. The van der Waals surface area contributed by atoms with Gasteiger partial charge in [-0.05, 0) is 47.0 Å². The van der Waals surface area contributed by atoms with Crippen LogP contribution in [-0.4, -0.2) is 16.1 Å². The smallest absolute Gasteiger partial charge is 0.307 e. The summed E-state index contributed by atoms with van der Waals surface area (Å²) in [6.45, 7) is 0. The molecule has 0 saturated heterocycles. The normalized spacial score (nSPS) is 10.9. The van der Waals surface area contributed by atoms with Crippen LogP contribution in [0.4, 0.5) is 4.39 Å². The lowest BCUT2D eigenvalue weighted by Gasteiger charge is -2.17. The lowest BCUT2D eigenvalue weighted by atomic mass is 9.90. The van der Waals surface area contributed by atoms with Gasteiger partial charge in [0.2, 0.25) is 0 Å². The SMILES string of the molecule is O=C(O)Cc1c(-c2ccc(F)cc2)nc2ccccc2c1-c1ccccc1. The quantitative estimate of drug-likeness (QED) is 0.537. The summed E-state index contributed by atoms with van der Waals surface area (Å²) in [5, 5.41) is 10.4. The largest absolute Gasteiger partial charge is 0.481 e. The minimum atomic E-state index is -0.937. The number of carbonyl (C=O) groups is 1. The highest BCUT2D eigenvalue weighted by molar-refractivity contribution is 6.00. The molecule has 1 aromatic heterocycles. The summed E-state index contributed by atoms with van der Waals surface area (Å²) in [6, 6.07) is 23.3. The monoisotopic (exact) mass is 357 g/mol. The van der Waals surface area contributed by atoms with Gasteiger partial charge < -0.3 is 5.11 Å². The van der Waals surface area contributed by atoms with E-state index >= 15 is 0 Å². The maximum atomic E-state index is 13.4. The van der Waals surface area contributed by atoms with Gasteiger partial charge >= 0.3 is 5.97 Å². The molecular formula is C23H16FNO2. The third-order valence-electron chi connectivity index (χ3n) is 4.50. The first-order chi connectivity index (χ1) is 13.1. The van der Waals surface area contributed by atoms with E-state index in [-0.39, 0.29) is 12.2 Å². The van der Waals surface area contributed by atoms with Crippen molar-refractivity contribution < 1.29 is 14.3 Å². The van der Waals surface area contributed by atoms with Crippen LogP contribution in [0.25, 0.3) is 33.3 Å². The Morgan fingerprint density at radius 3 is 2.22 bits per heavy atom. The zero-order chi connectivity index (χ0) is 18.8. The molecule has 0 aliphatic carbocycles. The average molecular weight is 357 g/mol. The lowest BCUT2D eigenvalue weighted by molar-refractivity contribution is -0.136. The van der Waals surface area contributed by atoms with Crippen molar-refractivity contribution in [2.75, 3.05) is 0 Å². The molecule has 0 aliphatic heterocycles. The summed E-state index contributed by atoms with van der Waals surface area (Å²) in [5.41, 5.74) is 4.42. The van der Waals surface area contributed by atoms with Gasteiger partial charge in [0.1, 0.15) is 5.82 Å². The second-order valence-electron chi connectivity index (χ2n) is 6.27. The van der Waals surface area contributed by atoms with Crippen LogP contribution in [0.3, 0.4) is 0 Å². The molecule has 27 heavy (non-hydrogen) atoms. The van der Waals surface area contributed by atoms with Gasteiger partial charge in [-0.3, -0.25) is 4.79 Å². The number of aromatic nitrogens is 1. The van der Waals surface area contributed by atoms with Crippen molar-refractivity contribution in [2.45, 2.75) is 6.42 Å². The number of nitrogens with zero attached hydrogens (tertiary/aromatic N) is 1. The molecule has 0 saturated carbocycles. The Kier molecular flexibility index (Phi) is 4.38. The number of hydrogen-bond acceptors (Lipinski definition) is 2. The van der Waals surface area contributed by atoms with E-state index in [4.69, 9.17) is 4.98 Å². The number of halogens is 1. The molecule has 0 amide bonds. The Morgan fingerprint density at radius 1 is 0.852 bits per heavy atom. The number of benzene rings is 3. The number of fused-ring (bicyclic) bond motifs is 1. The molecule has 3 aromatic carbocycles. The third-order valence-corrected chi connectivity index (χ3v) is 4.50. The number of rotatable bonds is 4. The molecule has 0 atom stereocenters. The van der Waals surface area contributed by atoms with Gasteiger partial charge in [-0.2, -0.15) is 0 Å². The maximum absolute atomic E-state index is 13.4. The highest BCUT2D eigenvalue weighted by atomic mass is 19.1. The Hall–Kier alpha value is -3.53. The molecule has 4 aromatic rings. The summed E-state index contributed by atoms with van der Waals surface area (Å²) in [4.78, 5) is 16.4. The van der Waals surface area contributed by atoms with E-state index in [1.54, 1.807) is 12.1 Å². The molecule has 4 heteroatoms. The van der Waals surface area contributed by atoms with Gasteiger partial charge in [-0.1, -0.05) is 48.5 Å². The Bertz CT molecular complexity index is 1120. The molecule has 132 valence electrons. The molecule has 0 aliphatic rings. The van der Waals surface area contributed by atoms with E-state index in [2.05, 4.69) is 0 Å². The first kappa shape index (κ1) is 16.9. The maximum Gasteiger partial charge on any atom is 0.307 e. The van der Waals surface area contributed by atoms with E-state index in [9.17, 15) is 14.3 Å². The molecule has 0 radical (unpaired) electrons. The standard InChI is InChI=1S/C23H16FNO2/c24-17-12-10-16(11-13-17)23-19(14-21(26)27)22(15-6-2-1-3-7-15)18-8-4-5-9-20(18)25-23/h1-13H,14H2,(H,26,27). The van der Waals surface area contributed by atoms with Crippen LogP contribution in [0.2, 0.25) is 0 Å². The second-order valence-corrected chi connectivity index (χ2v) is 6.27. The number of para-hydroxylation sites is 1. The molecule has 3 nitrogen and oxygen atoms in total. The zero-order valence-electron chi connectivity index (χ0n) is 14.4. The molecule has 0 unspecified atom stereocenters. The lowest BCUT2D eigenvalue weighted by Crippen LogP contribution is -2.06. The summed E-state index contributed by atoms with van der Waals surface area (Å²) >= 11 is 0. The van der Waals surface area contributed by atoms with Crippen molar-refractivity contribution in [3.8, 4) is 22.4 Å². The van der Waals surface area contributed by atoms with E-state index in [1.807, 2.05) is 54.6 Å². The third kappa shape index (κ3) is 3.29. The van der Waals surface area contributed by atoms with Gasteiger partial charge in [-0.15, -0.1) is 0 Å². The van der Waals surface area contributed by atoms with Crippen LogP contribution < -0.4 is 0 Å². The van der Waals surface area contributed by atoms with Gasteiger partial charge in [-0.25, -0.2) is 9.37 Å². The minimum absolute atomic E-state index is 0.172. The van der Waals surface area contributed by atoms with Gasteiger partial charge in [0.05, 0.1) is 17.6 Å². The Balaban J connectivity index is 2.11. The molecule has 1 N–H and O–H groups in total. The van der Waals surface area contributed by atoms with Crippen molar-refractivity contribution in [3.05, 3.63) is 90.2 Å². The number of aliphatic carboxylic acids is 1. The first-order valence-electron chi connectivity index (χ1n) is 8.58. The van der Waals surface area contributed by atoms with Crippen molar-refractivity contribution in [3.63, 3.8) is 0 Å². The van der Waals surface area contributed by atoms with Gasteiger partial charge in [0, 0.05) is 10.9 Å². The molecule has 0 spiro atoms. The minimum Gasteiger partial charge on any atom is -0.481 e. The highest BCUT2D eigenvalue weighted by Crippen LogP contribution is 2.37. The number of pyridine rings is 1. The van der Waals surface area contributed by atoms with Crippen LogP contribution >= 0.6 is 0 Å². The fourth-order valence-electron chi connectivity index (χ4n) is 3.36. The zero-order valence-corrected chi connectivity index (χ0v) is 14.4. The van der Waals surface area contributed by atoms with E-state index < -0.39 is 5.97 Å². The molecule has 4 rings (SSSR count). The molecule has 1 heterocycles. The molecular weight excluding hydrogens is 341 g/mol. The van der Waals surface area contributed by atoms with Crippen LogP contribution in [0.5, 0.6) is 0 Å². The second kappa shape index (κ2) is 7.00. The predicted molar refractivity (Wildman–Crippen MR) is 104 cm³/mol. The fraction of sp³-hybridized carbons (Fsp3) is 0.0435. The van der Waals surface area contributed by atoms with Crippen molar-refractivity contribution >= 4 is 16.9 Å². The topological polar surface area (TPSA) is 50.2 Å². The van der Waals surface area contributed by atoms with Crippen LogP contribution in [0.1, 0.15) is 5.56 Å². The van der Waals surface area contributed by atoms with Gasteiger partial charge in [0.15, 0.2) is 0 Å². The Morgan fingerprint density at radius 2 is 1.52 bits per heavy atom. The number of carboxylic acids is 1. The van der Waals surface area contributed by atoms with E-state index in [0.29, 0.717) is 16.8 Å². The van der Waals surface area contributed by atoms with Gasteiger partial charge in [0.25, 0.3) is 0 Å². The first-order valence-corrected chi connectivity index (χ1v) is 8.58. The summed E-state index contributed by atoms with van der Waals surface area (Å²) < 4.78 is 13.4. The summed E-state index contributed by atoms with van der Waals surface area (Å²) in [6.07, 6.45) is -0.172. The van der Waals surface area contributed by atoms with E-state index in [1.165, 1.54) is 12.1 Å². The van der Waals surface area contributed by atoms with Crippen LogP contribution in [0, 0.1) is 5.82 Å². The average Bonchev–Trinajstić information content (AvgIpc) is 2.68. The fourth-order valence-corrected chi connectivity index (χ4v) is 3.36. The van der Waals surface area contributed by atoms with Crippen molar-refractivity contribution in [2.24, 2.45) is 0 Å². The van der Waals surface area contributed by atoms with Crippen molar-refractivity contribution in [1.82, 2.24) is 4.98 Å². The van der Waals surface area contributed by atoms with E-state index in [0.717, 1.165) is 22.0 Å².